The second-order valence-corrected chi connectivity index (χ2v) is 11.6. The number of rotatable bonds is 8. The van der Waals surface area contributed by atoms with Gasteiger partial charge in [0, 0.05) is 36.5 Å². The van der Waals surface area contributed by atoms with Gasteiger partial charge in [-0.1, -0.05) is 32.9 Å². The van der Waals surface area contributed by atoms with Crippen molar-refractivity contribution in [2.24, 2.45) is 34.8 Å². The summed E-state index contributed by atoms with van der Waals surface area (Å²) >= 11 is 0. The van der Waals surface area contributed by atoms with E-state index in [9.17, 15) is 24.6 Å². The summed E-state index contributed by atoms with van der Waals surface area (Å²) < 4.78 is 16.7. The molecule has 0 heterocycles. The second kappa shape index (κ2) is 8.73. The Bertz CT molecular complexity index is 1030. The molecule has 36 heavy (non-hydrogen) atoms. The Morgan fingerprint density at radius 3 is 2.50 bits per heavy atom. The lowest BCUT2D eigenvalue weighted by Crippen LogP contribution is -2.61. The minimum Gasteiger partial charge on any atom is -0.480 e. The van der Waals surface area contributed by atoms with E-state index >= 15 is 0 Å². The van der Waals surface area contributed by atoms with Crippen LogP contribution in [0, 0.1) is 29.1 Å². The molecule has 0 aromatic heterocycles. The Balaban J connectivity index is 1.66. The Labute approximate surface area is 210 Å². The van der Waals surface area contributed by atoms with Crippen LogP contribution in [0.2, 0.25) is 0 Å². The van der Waals surface area contributed by atoms with Crippen LogP contribution in [-0.4, -0.2) is 75.9 Å². The van der Waals surface area contributed by atoms with Crippen LogP contribution < -0.4 is 5.73 Å². The topological polar surface area (TPSA) is 166 Å². The fraction of sp³-hybridized carbons (Fsp3) is 0.731. The molecule has 5 N–H and O–H groups in total. The van der Waals surface area contributed by atoms with Crippen molar-refractivity contribution in [2.45, 2.75) is 70.3 Å². The first-order valence-corrected chi connectivity index (χ1v) is 12.3. The largest absolute Gasteiger partial charge is 0.480 e. The van der Waals surface area contributed by atoms with Gasteiger partial charge in [-0.2, -0.15) is 0 Å². The zero-order valence-electron chi connectivity index (χ0n) is 21.4. The molecule has 0 radical (unpaired) electrons. The van der Waals surface area contributed by atoms with E-state index in [0.29, 0.717) is 17.6 Å². The van der Waals surface area contributed by atoms with Gasteiger partial charge in [0.25, 0.3) is 0 Å². The Kier molecular flexibility index (Phi) is 6.53. The summed E-state index contributed by atoms with van der Waals surface area (Å²) in [5.74, 6) is -3.94. The Morgan fingerprint density at radius 2 is 1.89 bits per heavy atom. The molecule has 0 aromatic rings. The van der Waals surface area contributed by atoms with Crippen LogP contribution in [0.1, 0.15) is 47.5 Å². The van der Waals surface area contributed by atoms with E-state index in [1.807, 2.05) is 26.8 Å². The van der Waals surface area contributed by atoms with Gasteiger partial charge in [0.15, 0.2) is 5.78 Å². The van der Waals surface area contributed by atoms with Crippen molar-refractivity contribution in [3.63, 3.8) is 0 Å². The van der Waals surface area contributed by atoms with Gasteiger partial charge in [0.1, 0.15) is 24.0 Å². The summed E-state index contributed by atoms with van der Waals surface area (Å²) in [6.45, 7) is 8.46. The number of carboxylic acids is 1. The average molecular weight is 508 g/mol. The van der Waals surface area contributed by atoms with Crippen LogP contribution in [0.15, 0.2) is 23.3 Å². The molecule has 0 aliphatic heterocycles. The first-order valence-electron chi connectivity index (χ1n) is 12.3. The number of ketones is 1. The van der Waals surface area contributed by atoms with Crippen LogP contribution in [0.25, 0.3) is 0 Å². The number of ether oxygens (including phenoxy) is 3. The van der Waals surface area contributed by atoms with E-state index in [2.05, 4.69) is 0 Å². The fourth-order valence-electron chi connectivity index (χ4n) is 7.32. The molecule has 4 aliphatic carbocycles. The average Bonchev–Trinajstić information content (AvgIpc) is 3.17. The van der Waals surface area contributed by atoms with E-state index in [0.717, 1.165) is 0 Å². The lowest BCUT2D eigenvalue weighted by molar-refractivity contribution is -0.186. The molecule has 2 saturated carbocycles. The SMILES string of the molecule is CC(=O)O[C@@]12C[C@@H](C)[C@@]3(O)[C@@H](C=C(COCOC[C@@H](N)C(=O)O)C[C@]4(O)C(=O)C(C)=C[C@@H]34)[C@H]1C2(C)C. The molecule has 0 spiro atoms. The number of esters is 1. The van der Waals surface area contributed by atoms with Crippen molar-refractivity contribution in [2.75, 3.05) is 20.0 Å². The standard InChI is InChI=1S/C26H37NO9/c1-13-6-19-24(32,21(13)29)9-16(10-34-12-35-11-18(27)22(30)31)7-17-20-23(4,5)25(20,36-15(3)28)8-14(2)26(17,19)33/h6-7,14,17-20,32-33H,8-12,27H2,1-5H3,(H,30,31)/t14-,17+,18-,19-,20+,24-,25+,26-/m1/s1. The highest BCUT2D eigenvalue weighted by Crippen LogP contribution is 2.76. The van der Waals surface area contributed by atoms with E-state index < -0.39 is 51.8 Å². The minimum absolute atomic E-state index is 0.00164. The van der Waals surface area contributed by atoms with Crippen LogP contribution in [0.3, 0.4) is 0 Å². The van der Waals surface area contributed by atoms with E-state index in [1.54, 1.807) is 13.0 Å². The van der Waals surface area contributed by atoms with Gasteiger partial charge in [0.05, 0.1) is 18.8 Å². The van der Waals surface area contributed by atoms with Gasteiger partial charge in [0.2, 0.25) is 0 Å². The van der Waals surface area contributed by atoms with Crippen molar-refractivity contribution in [3.8, 4) is 0 Å². The summed E-state index contributed by atoms with van der Waals surface area (Å²) in [5.41, 5.74) is 1.99. The number of hydrogen-bond donors (Lipinski definition) is 4. The van der Waals surface area contributed by atoms with Crippen LogP contribution >= 0.6 is 0 Å². The Hall–Kier alpha value is -2.11. The molecule has 0 aromatic carbocycles. The predicted octanol–water partition coefficient (Wildman–Crippen LogP) is 0.940. The summed E-state index contributed by atoms with van der Waals surface area (Å²) in [7, 11) is 0. The van der Waals surface area contributed by atoms with Crippen LogP contribution in [0.4, 0.5) is 0 Å². The zero-order valence-corrected chi connectivity index (χ0v) is 21.4. The maximum atomic E-state index is 13.2. The summed E-state index contributed by atoms with van der Waals surface area (Å²) in [6.07, 6.45) is 3.96. The summed E-state index contributed by atoms with van der Waals surface area (Å²) in [5, 5.41) is 33.0. The number of hydrogen-bond acceptors (Lipinski definition) is 9. The van der Waals surface area contributed by atoms with Crippen molar-refractivity contribution in [1.29, 1.82) is 0 Å². The van der Waals surface area contributed by atoms with Crippen molar-refractivity contribution in [3.05, 3.63) is 23.3 Å². The summed E-state index contributed by atoms with van der Waals surface area (Å²) in [6, 6.07) is -1.18. The molecular weight excluding hydrogens is 470 g/mol. The highest BCUT2D eigenvalue weighted by molar-refractivity contribution is 6.04. The molecular formula is C26H37NO9. The number of Topliss-reactive ketones (excluding diaryl/α,β-unsaturated/α-hetero) is 1. The van der Waals surface area contributed by atoms with Gasteiger partial charge in [-0.05, 0) is 30.4 Å². The normalized spacial score (nSPS) is 41.2. The number of aliphatic hydroxyl groups is 2. The lowest BCUT2D eigenvalue weighted by Gasteiger charge is -2.50. The third-order valence-corrected chi connectivity index (χ3v) is 9.07. The smallest absolute Gasteiger partial charge is 0.322 e. The minimum atomic E-state index is -1.83. The van der Waals surface area contributed by atoms with Gasteiger partial charge in [-0.3, -0.25) is 14.4 Å². The third-order valence-electron chi connectivity index (χ3n) is 9.07. The van der Waals surface area contributed by atoms with Crippen molar-refractivity contribution < 1.29 is 43.9 Å². The molecule has 0 saturated heterocycles. The quantitative estimate of drug-likeness (QED) is 0.161. The Morgan fingerprint density at radius 1 is 1.22 bits per heavy atom. The number of carbonyl (C=O) groups is 3. The van der Waals surface area contributed by atoms with Gasteiger partial charge in [-0.15, -0.1) is 0 Å². The number of carboxylic acid groups (broad SMARTS) is 1. The zero-order chi connectivity index (χ0) is 26.8. The highest BCUT2D eigenvalue weighted by atomic mass is 16.7. The van der Waals surface area contributed by atoms with Crippen molar-refractivity contribution >= 4 is 17.7 Å². The maximum Gasteiger partial charge on any atom is 0.322 e. The van der Waals surface area contributed by atoms with Crippen LogP contribution in [-0.2, 0) is 28.6 Å². The molecule has 2 fully saturated rings. The van der Waals surface area contributed by atoms with Gasteiger partial charge >= 0.3 is 11.9 Å². The first kappa shape index (κ1) is 26.9. The molecule has 0 unspecified atom stereocenters. The second-order valence-electron chi connectivity index (χ2n) is 11.6. The predicted molar refractivity (Wildman–Crippen MR) is 126 cm³/mol. The highest BCUT2D eigenvalue weighted by Gasteiger charge is 2.83. The molecule has 0 amide bonds. The van der Waals surface area contributed by atoms with Crippen molar-refractivity contribution in [1.82, 2.24) is 0 Å². The first-order chi connectivity index (χ1) is 16.6. The van der Waals surface area contributed by atoms with Crippen LogP contribution in [0.5, 0.6) is 0 Å². The fourth-order valence-corrected chi connectivity index (χ4v) is 7.32. The van der Waals surface area contributed by atoms with E-state index in [-0.39, 0.29) is 44.2 Å². The number of nitrogens with two attached hydrogens (primary N) is 1. The van der Waals surface area contributed by atoms with Gasteiger partial charge < -0.3 is 35.3 Å². The molecule has 4 rings (SSSR count). The molecule has 0 bridgehead atoms. The molecule has 10 nitrogen and oxygen atoms in total. The summed E-state index contributed by atoms with van der Waals surface area (Å²) in [4.78, 5) is 36.1. The molecule has 8 atom stereocenters. The van der Waals surface area contributed by atoms with E-state index in [4.69, 9.17) is 25.1 Å². The third kappa shape index (κ3) is 3.77. The maximum absolute atomic E-state index is 13.2. The molecule has 10 heteroatoms. The number of aliphatic carboxylic acids is 1. The van der Waals surface area contributed by atoms with Gasteiger partial charge in [-0.25, -0.2) is 0 Å². The lowest BCUT2D eigenvalue weighted by atomic mass is 9.60. The monoisotopic (exact) mass is 507 g/mol. The number of fused-ring (bicyclic) bond motifs is 5. The molecule has 200 valence electrons. The number of carbonyl (C=O) groups excluding carboxylic acids is 2. The molecule has 4 aliphatic rings. The van der Waals surface area contributed by atoms with E-state index in [1.165, 1.54) is 6.92 Å².